The highest BCUT2D eigenvalue weighted by Crippen LogP contribution is 2.51. The minimum absolute atomic E-state index is 0. The van der Waals surface area contributed by atoms with E-state index in [1.165, 1.54) is 22.1 Å². The molecule has 1 aliphatic carbocycles. The summed E-state index contributed by atoms with van der Waals surface area (Å²) < 4.78 is 10.9. The number of aryl methyl sites for hydroxylation is 1. The van der Waals surface area contributed by atoms with Gasteiger partial charge in [0.15, 0.2) is 11.5 Å². The number of ketones is 1. The number of fused-ring (bicyclic) bond motifs is 2. The Bertz CT molecular complexity index is 1340. The zero-order valence-corrected chi connectivity index (χ0v) is 17.4. The van der Waals surface area contributed by atoms with Crippen LogP contribution < -0.4 is 9.47 Å². The molecule has 3 aromatic carbocycles. The predicted molar refractivity (Wildman–Crippen MR) is 123 cm³/mol. The van der Waals surface area contributed by atoms with E-state index in [1.807, 2.05) is 24.4 Å². The summed E-state index contributed by atoms with van der Waals surface area (Å²) in [4.78, 5) is 16.7. The number of hydrogen-bond donors (Lipinski definition) is 1. The fraction of sp³-hybridized carbons (Fsp3) is 0.222. The molecule has 2 aliphatic rings. The van der Waals surface area contributed by atoms with Gasteiger partial charge in [0.1, 0.15) is 5.78 Å². The molecule has 0 saturated heterocycles. The molecule has 1 fully saturated rings. The number of ether oxygens (including phenoxy) is 2. The second-order valence-corrected chi connectivity index (χ2v) is 8.68. The number of Topliss-reactive ketones (excluding diaryl/α,β-unsaturated/α-hetero) is 1. The van der Waals surface area contributed by atoms with Gasteiger partial charge in [-0.2, -0.15) is 0 Å². The topological polar surface area (TPSA) is 51.3 Å². The van der Waals surface area contributed by atoms with Crippen molar-refractivity contribution < 1.29 is 15.7 Å². The summed E-state index contributed by atoms with van der Waals surface area (Å²) in [6.45, 7) is 2.37. The van der Waals surface area contributed by atoms with Crippen molar-refractivity contribution in [3.05, 3.63) is 83.6 Å². The largest absolute Gasteiger partial charge is 0.454 e. The fourth-order valence-corrected chi connectivity index (χ4v) is 4.71. The molecule has 0 bridgehead atoms. The Morgan fingerprint density at radius 2 is 1.87 bits per heavy atom. The number of aromatic nitrogens is 1. The SMILES string of the molecule is Cc1ccc(CC(=O)C2(c3ccc4c(c3)OCO4)CC2)cc1-c1ccc2cc[nH]c2c1.[HH]. The highest BCUT2D eigenvalue weighted by Gasteiger charge is 2.50. The van der Waals surface area contributed by atoms with E-state index in [4.69, 9.17) is 9.47 Å². The lowest BCUT2D eigenvalue weighted by atomic mass is 9.87. The van der Waals surface area contributed by atoms with Crippen LogP contribution in [0.4, 0.5) is 0 Å². The Hall–Kier alpha value is -3.53. The van der Waals surface area contributed by atoms with Crippen LogP contribution in [0.15, 0.2) is 66.9 Å². The van der Waals surface area contributed by atoms with Gasteiger partial charge < -0.3 is 14.5 Å². The maximum atomic E-state index is 13.4. The summed E-state index contributed by atoms with van der Waals surface area (Å²) in [7, 11) is 0. The average Bonchev–Trinajstić information content (AvgIpc) is 3.24. The van der Waals surface area contributed by atoms with Crippen LogP contribution >= 0.6 is 0 Å². The molecule has 4 aromatic rings. The first-order valence-electron chi connectivity index (χ1n) is 10.7. The van der Waals surface area contributed by atoms with Gasteiger partial charge in [-0.3, -0.25) is 4.79 Å². The average molecular weight is 412 g/mol. The normalized spacial score (nSPS) is 15.9. The Balaban J connectivity index is 0.00000216. The first kappa shape index (κ1) is 18.3. The molecule has 1 aromatic heterocycles. The highest BCUT2D eigenvalue weighted by molar-refractivity contribution is 5.95. The maximum Gasteiger partial charge on any atom is 0.231 e. The van der Waals surface area contributed by atoms with Crippen molar-refractivity contribution in [2.24, 2.45) is 0 Å². The third kappa shape index (κ3) is 3.02. The van der Waals surface area contributed by atoms with Crippen molar-refractivity contribution in [1.82, 2.24) is 4.98 Å². The van der Waals surface area contributed by atoms with E-state index in [0.29, 0.717) is 6.42 Å². The van der Waals surface area contributed by atoms with Crippen LogP contribution in [-0.4, -0.2) is 17.6 Å². The van der Waals surface area contributed by atoms with Crippen molar-refractivity contribution in [3.8, 4) is 22.6 Å². The van der Waals surface area contributed by atoms with Crippen LogP contribution in [0.5, 0.6) is 11.5 Å². The molecule has 4 nitrogen and oxygen atoms in total. The van der Waals surface area contributed by atoms with Gasteiger partial charge in [-0.05, 0) is 77.2 Å². The van der Waals surface area contributed by atoms with E-state index in [9.17, 15) is 4.79 Å². The van der Waals surface area contributed by atoms with E-state index in [-0.39, 0.29) is 19.4 Å². The Morgan fingerprint density at radius 1 is 1.00 bits per heavy atom. The van der Waals surface area contributed by atoms with Gasteiger partial charge in [0.05, 0.1) is 5.41 Å². The predicted octanol–water partition coefficient (Wildman–Crippen LogP) is 5.96. The number of aromatic amines is 1. The Kier molecular flexibility index (Phi) is 3.97. The molecule has 1 N–H and O–H groups in total. The minimum atomic E-state index is -0.380. The van der Waals surface area contributed by atoms with Crippen LogP contribution in [-0.2, 0) is 16.6 Å². The summed E-state index contributed by atoms with van der Waals surface area (Å²) in [6.07, 6.45) is 4.19. The smallest absolute Gasteiger partial charge is 0.231 e. The summed E-state index contributed by atoms with van der Waals surface area (Å²) in [5.41, 5.74) is 6.40. The molecule has 6 rings (SSSR count). The summed E-state index contributed by atoms with van der Waals surface area (Å²) in [6, 6.07) is 20.8. The van der Waals surface area contributed by atoms with Gasteiger partial charge >= 0.3 is 0 Å². The number of benzene rings is 3. The van der Waals surface area contributed by atoms with E-state index in [0.717, 1.165) is 41.0 Å². The lowest BCUT2D eigenvalue weighted by Crippen LogP contribution is -2.22. The molecule has 0 atom stereocenters. The van der Waals surface area contributed by atoms with Crippen molar-refractivity contribution in [2.45, 2.75) is 31.6 Å². The molecule has 0 amide bonds. The minimum Gasteiger partial charge on any atom is -0.454 e. The van der Waals surface area contributed by atoms with Crippen LogP contribution in [0.3, 0.4) is 0 Å². The Morgan fingerprint density at radius 3 is 2.74 bits per heavy atom. The molecule has 0 radical (unpaired) electrons. The van der Waals surface area contributed by atoms with Gasteiger partial charge in [0.2, 0.25) is 6.79 Å². The zero-order valence-electron chi connectivity index (χ0n) is 17.4. The standard InChI is InChI=1S/C27H23NO3.H2/c1-17-2-3-18(12-22(17)20-5-4-19-8-11-28-23(19)14-20)13-26(29)27(9-10-27)21-6-7-24-25(15-21)31-16-30-24;/h2-8,11-12,14-15,28H,9-10,13,16H2,1H3;1H. The molecule has 31 heavy (non-hydrogen) atoms. The lowest BCUT2D eigenvalue weighted by Gasteiger charge is -2.16. The van der Waals surface area contributed by atoms with E-state index in [1.54, 1.807) is 0 Å². The van der Waals surface area contributed by atoms with Gasteiger partial charge in [-0.15, -0.1) is 0 Å². The van der Waals surface area contributed by atoms with E-state index < -0.39 is 0 Å². The van der Waals surface area contributed by atoms with Crippen molar-refractivity contribution >= 4 is 16.7 Å². The molecule has 4 heteroatoms. The molecule has 0 spiro atoms. The second kappa shape index (κ2) is 6.74. The first-order chi connectivity index (χ1) is 15.1. The number of nitrogens with one attached hydrogen (secondary N) is 1. The maximum absolute atomic E-state index is 13.4. The van der Waals surface area contributed by atoms with Gasteiger partial charge in [0, 0.05) is 19.6 Å². The van der Waals surface area contributed by atoms with Crippen LogP contribution in [0.2, 0.25) is 0 Å². The highest BCUT2D eigenvalue weighted by atomic mass is 16.7. The van der Waals surface area contributed by atoms with Gasteiger partial charge in [0.25, 0.3) is 0 Å². The number of hydrogen-bond acceptors (Lipinski definition) is 3. The molecule has 156 valence electrons. The first-order valence-corrected chi connectivity index (χ1v) is 10.7. The van der Waals surface area contributed by atoms with Gasteiger partial charge in [-0.1, -0.05) is 36.4 Å². The van der Waals surface area contributed by atoms with E-state index >= 15 is 0 Å². The summed E-state index contributed by atoms with van der Waals surface area (Å²) in [5.74, 6) is 1.78. The third-order valence-electron chi connectivity index (χ3n) is 6.74. The fourth-order valence-electron chi connectivity index (χ4n) is 4.71. The van der Waals surface area contributed by atoms with Crippen LogP contribution in [0.25, 0.3) is 22.0 Å². The van der Waals surface area contributed by atoms with Crippen molar-refractivity contribution in [1.29, 1.82) is 0 Å². The zero-order chi connectivity index (χ0) is 21.0. The third-order valence-corrected chi connectivity index (χ3v) is 6.74. The number of rotatable bonds is 5. The van der Waals surface area contributed by atoms with E-state index in [2.05, 4.69) is 54.4 Å². The molecule has 2 heterocycles. The lowest BCUT2D eigenvalue weighted by molar-refractivity contribution is -0.120. The molecular formula is C27H25NO3. The molecule has 1 aliphatic heterocycles. The molecular weight excluding hydrogens is 386 g/mol. The van der Waals surface area contributed by atoms with Crippen molar-refractivity contribution in [3.63, 3.8) is 0 Å². The monoisotopic (exact) mass is 411 g/mol. The number of carbonyl (C=O) groups is 1. The quantitative estimate of drug-likeness (QED) is 0.441. The van der Waals surface area contributed by atoms with Crippen LogP contribution in [0.1, 0.15) is 31.0 Å². The molecule has 0 unspecified atom stereocenters. The number of H-pyrrole nitrogens is 1. The summed E-state index contributed by atoms with van der Waals surface area (Å²) >= 11 is 0. The number of carbonyl (C=O) groups excluding carboxylic acids is 1. The second-order valence-electron chi connectivity index (χ2n) is 8.68. The Labute approximate surface area is 182 Å². The summed E-state index contributed by atoms with van der Waals surface area (Å²) in [5, 5.41) is 1.20. The molecule has 1 saturated carbocycles. The van der Waals surface area contributed by atoms with Crippen molar-refractivity contribution in [2.75, 3.05) is 6.79 Å². The van der Waals surface area contributed by atoms with Crippen LogP contribution in [0, 0.1) is 6.92 Å². The van der Waals surface area contributed by atoms with Gasteiger partial charge in [-0.25, -0.2) is 0 Å².